The zero-order valence-electron chi connectivity index (χ0n) is 16.4. The Morgan fingerprint density at radius 2 is 2.00 bits per heavy atom. The van der Waals surface area contributed by atoms with Crippen LogP contribution >= 0.6 is 50.5 Å². The van der Waals surface area contributed by atoms with Crippen LogP contribution < -0.4 is 34.4 Å². The minimum atomic E-state index is -0.109. The van der Waals surface area contributed by atoms with Crippen LogP contribution in [0.15, 0.2) is 39.2 Å². The number of hydrogen-bond donors (Lipinski definition) is 1. The van der Waals surface area contributed by atoms with E-state index in [1.54, 1.807) is 23.5 Å². The van der Waals surface area contributed by atoms with Crippen LogP contribution in [-0.2, 0) is 4.79 Å². The normalized spacial score (nSPS) is 20.5. The molecular formula is C20H22BrCl2IN4OS. The number of hydrogen-bond acceptors (Lipinski definition) is 4. The molecule has 5 nitrogen and oxygen atoms in total. The maximum Gasteiger partial charge on any atom is 0.312 e. The number of hydrazone groups is 1. The van der Waals surface area contributed by atoms with Gasteiger partial charge in [0.25, 0.3) is 0 Å². The molecule has 1 fully saturated rings. The number of carbonyl (C=O) groups is 1. The summed E-state index contributed by atoms with van der Waals surface area (Å²) in [4.78, 5) is 14.2. The molecule has 1 aromatic carbocycles. The Balaban J connectivity index is 0.00000256. The molecule has 1 aromatic heterocycles. The molecule has 3 heterocycles. The van der Waals surface area contributed by atoms with Gasteiger partial charge in [-0.25, -0.2) is 4.59 Å². The van der Waals surface area contributed by atoms with Crippen molar-refractivity contribution in [2.75, 3.05) is 25.1 Å². The number of quaternary nitrogens is 1. The predicted molar refractivity (Wildman–Crippen MR) is 124 cm³/mol. The number of rotatable bonds is 4. The molecule has 4 rings (SSSR count). The first-order chi connectivity index (χ1) is 13.8. The fourth-order valence-electron chi connectivity index (χ4n) is 3.89. The van der Waals surface area contributed by atoms with Crippen LogP contribution in [0.2, 0.25) is 10.0 Å². The lowest BCUT2D eigenvalue weighted by Gasteiger charge is -2.36. The molecule has 1 N–H and O–H groups in total. The Hall–Kier alpha value is -0.390. The van der Waals surface area contributed by atoms with Crippen molar-refractivity contribution in [3.05, 3.63) is 49.0 Å². The van der Waals surface area contributed by atoms with Crippen LogP contribution in [0, 0.1) is 0 Å². The summed E-state index contributed by atoms with van der Waals surface area (Å²) >= 11 is 17.7. The molecule has 2 aliphatic heterocycles. The van der Waals surface area contributed by atoms with Gasteiger partial charge in [-0.15, -0.1) is 11.3 Å². The summed E-state index contributed by atoms with van der Waals surface area (Å²) in [5.41, 5.74) is 4.46. The quantitative estimate of drug-likeness (QED) is 0.412. The van der Waals surface area contributed by atoms with Crippen LogP contribution in [0.4, 0.5) is 5.69 Å². The number of nitrogens with one attached hydrogen (secondary N) is 1. The van der Waals surface area contributed by atoms with E-state index in [4.69, 9.17) is 28.3 Å². The Bertz CT molecular complexity index is 964. The van der Waals surface area contributed by atoms with Crippen LogP contribution in [-0.4, -0.2) is 36.3 Å². The van der Waals surface area contributed by atoms with Gasteiger partial charge >= 0.3 is 5.91 Å². The zero-order chi connectivity index (χ0) is 20.6. The van der Waals surface area contributed by atoms with Gasteiger partial charge in [-0.2, -0.15) is 10.5 Å². The van der Waals surface area contributed by atoms with Gasteiger partial charge in [0.15, 0.2) is 0 Å². The van der Waals surface area contributed by atoms with Gasteiger partial charge in [0.1, 0.15) is 18.8 Å². The van der Waals surface area contributed by atoms with Crippen molar-refractivity contribution in [3.8, 4) is 0 Å². The van der Waals surface area contributed by atoms with Crippen molar-refractivity contribution in [1.82, 2.24) is 5.43 Å². The van der Waals surface area contributed by atoms with Crippen LogP contribution in [0.5, 0.6) is 0 Å². The number of amides is 1. The second-order valence-corrected chi connectivity index (χ2v) is 10.4. The van der Waals surface area contributed by atoms with Crippen molar-refractivity contribution in [3.63, 3.8) is 0 Å². The summed E-state index contributed by atoms with van der Waals surface area (Å²) in [6.45, 7) is 1.90. The van der Waals surface area contributed by atoms with Crippen LogP contribution in [0.25, 0.3) is 0 Å². The molecular weight excluding hydrogens is 622 g/mol. The zero-order valence-corrected chi connectivity index (χ0v) is 22.4. The Morgan fingerprint density at radius 3 is 2.63 bits per heavy atom. The molecule has 1 saturated heterocycles. The monoisotopic (exact) mass is 642 g/mol. The van der Waals surface area contributed by atoms with Crippen LogP contribution in [0.1, 0.15) is 36.6 Å². The molecule has 0 saturated carbocycles. The second-order valence-electron chi connectivity index (χ2n) is 7.72. The fraction of sp³-hybridized carbons (Fsp3) is 0.400. The second kappa shape index (κ2) is 10.0. The Labute approximate surface area is 216 Å². The van der Waals surface area contributed by atoms with E-state index in [2.05, 4.69) is 34.5 Å². The molecule has 0 radical (unpaired) electrons. The van der Waals surface area contributed by atoms with Crippen molar-refractivity contribution in [2.24, 2.45) is 5.10 Å². The molecule has 2 aliphatic rings. The number of thiophene rings is 1. The van der Waals surface area contributed by atoms with E-state index >= 15 is 0 Å². The SMILES string of the molecule is C[N+]1(NC(=O)C2=NN(c3ccc(Cl)cc3Cl)C(c3cc(Br)cs3)C2)CCCCC1.[I-]. The van der Waals surface area contributed by atoms with Crippen molar-refractivity contribution in [1.29, 1.82) is 0 Å². The lowest BCUT2D eigenvalue weighted by molar-refractivity contribution is -0.947. The van der Waals surface area contributed by atoms with Gasteiger partial charge in [0, 0.05) is 26.2 Å². The third-order valence-corrected chi connectivity index (χ3v) is 7.75. The van der Waals surface area contributed by atoms with Gasteiger partial charge in [-0.3, -0.25) is 9.80 Å². The third kappa shape index (κ3) is 5.32. The fourth-order valence-corrected chi connectivity index (χ4v) is 5.92. The number of piperidine rings is 1. The van der Waals surface area contributed by atoms with Crippen LogP contribution in [0.3, 0.4) is 0 Å². The highest BCUT2D eigenvalue weighted by atomic mass is 127. The number of halogens is 4. The molecule has 1 atom stereocenters. The lowest BCUT2D eigenvalue weighted by atomic mass is 10.1. The van der Waals surface area contributed by atoms with Gasteiger partial charge < -0.3 is 24.0 Å². The standard InChI is InChI=1S/C20H21BrCl2N4OS.HI/c1-27(7-3-2-4-8-27)25-20(28)16-11-18(19-9-13(21)12-29-19)26(24-16)17-6-5-14(22)10-15(17)23;/h5-6,9-10,12,18H,2-4,7-8,11H2,1H3;1H. The molecule has 1 unspecified atom stereocenters. The Morgan fingerprint density at radius 1 is 1.27 bits per heavy atom. The van der Waals surface area contributed by atoms with E-state index in [0.29, 0.717) is 26.8 Å². The topological polar surface area (TPSA) is 44.7 Å². The summed E-state index contributed by atoms with van der Waals surface area (Å²) in [5.74, 6) is -0.109. The summed E-state index contributed by atoms with van der Waals surface area (Å²) < 4.78 is 1.58. The molecule has 2 aromatic rings. The summed E-state index contributed by atoms with van der Waals surface area (Å²) in [7, 11) is 2.08. The minimum Gasteiger partial charge on any atom is -1.00 e. The molecule has 0 aliphatic carbocycles. The highest BCUT2D eigenvalue weighted by Crippen LogP contribution is 2.42. The number of nitrogens with zero attached hydrogens (tertiary/aromatic N) is 3. The van der Waals surface area contributed by atoms with E-state index < -0.39 is 0 Å². The average molecular weight is 644 g/mol. The van der Waals surface area contributed by atoms with Gasteiger partial charge in [0.2, 0.25) is 0 Å². The smallest absolute Gasteiger partial charge is 0.312 e. The first-order valence-electron chi connectivity index (χ1n) is 9.57. The summed E-state index contributed by atoms with van der Waals surface area (Å²) in [6.07, 6.45) is 4.00. The van der Waals surface area contributed by atoms with E-state index in [9.17, 15) is 4.79 Å². The van der Waals surface area contributed by atoms with E-state index in [1.807, 2.05) is 16.5 Å². The molecule has 162 valence electrons. The van der Waals surface area contributed by atoms with E-state index in [0.717, 1.165) is 41.0 Å². The van der Waals surface area contributed by atoms with Gasteiger partial charge in [-0.1, -0.05) is 23.2 Å². The summed E-state index contributed by atoms with van der Waals surface area (Å²) in [5, 5.41) is 9.67. The van der Waals surface area contributed by atoms with Gasteiger partial charge in [-0.05, 0) is 59.5 Å². The van der Waals surface area contributed by atoms with E-state index in [1.165, 1.54) is 6.42 Å². The van der Waals surface area contributed by atoms with Crippen molar-refractivity contribution >= 4 is 67.8 Å². The van der Waals surface area contributed by atoms with E-state index in [-0.39, 0.29) is 35.9 Å². The highest BCUT2D eigenvalue weighted by molar-refractivity contribution is 9.10. The maximum absolute atomic E-state index is 13.1. The lowest BCUT2D eigenvalue weighted by Crippen LogP contribution is -3.00. The largest absolute Gasteiger partial charge is 1.00 e. The molecule has 1 amide bonds. The number of likely N-dealkylation sites (tertiary alicyclic amines) is 1. The Kier molecular flexibility index (Phi) is 8.12. The number of anilines is 1. The predicted octanol–water partition coefficient (Wildman–Crippen LogP) is 2.79. The van der Waals surface area contributed by atoms with Crippen molar-refractivity contribution in [2.45, 2.75) is 31.7 Å². The number of benzene rings is 1. The maximum atomic E-state index is 13.1. The first-order valence-corrected chi connectivity index (χ1v) is 12.0. The van der Waals surface area contributed by atoms with Crippen molar-refractivity contribution < 1.29 is 33.4 Å². The average Bonchev–Trinajstić information content (AvgIpc) is 3.28. The first kappa shape index (κ1) is 24.3. The molecule has 10 heteroatoms. The molecule has 0 spiro atoms. The molecule has 0 bridgehead atoms. The molecule has 30 heavy (non-hydrogen) atoms. The number of carbonyl (C=O) groups excluding carboxylic acids is 1. The third-order valence-electron chi connectivity index (χ3n) is 5.42. The highest BCUT2D eigenvalue weighted by Gasteiger charge is 2.37. The van der Waals surface area contributed by atoms with Gasteiger partial charge in [0.05, 0.1) is 23.8 Å². The minimum absolute atomic E-state index is 0. The summed E-state index contributed by atoms with van der Waals surface area (Å²) in [6, 6.07) is 7.33.